The van der Waals surface area contributed by atoms with Crippen molar-refractivity contribution in [3.8, 4) is 5.82 Å². The van der Waals surface area contributed by atoms with E-state index in [4.69, 9.17) is 11.6 Å². The van der Waals surface area contributed by atoms with E-state index < -0.39 is 6.04 Å². The van der Waals surface area contributed by atoms with E-state index in [1.807, 2.05) is 30.3 Å². The zero-order valence-corrected chi connectivity index (χ0v) is 14.0. The maximum absolute atomic E-state index is 12.4. The number of pyridine rings is 1. The smallest absolute Gasteiger partial charge is 0.253 e. The van der Waals surface area contributed by atoms with Gasteiger partial charge in [-0.1, -0.05) is 41.9 Å². The van der Waals surface area contributed by atoms with Crippen LogP contribution in [0.25, 0.3) is 5.82 Å². The van der Waals surface area contributed by atoms with Crippen molar-refractivity contribution in [3.05, 3.63) is 71.4 Å². The maximum Gasteiger partial charge on any atom is 0.253 e. The summed E-state index contributed by atoms with van der Waals surface area (Å²) in [5.41, 5.74) is 1.34. The molecule has 25 heavy (non-hydrogen) atoms. The largest absolute Gasteiger partial charge is 0.394 e. The zero-order valence-electron chi connectivity index (χ0n) is 13.2. The van der Waals surface area contributed by atoms with E-state index in [0.29, 0.717) is 22.8 Å². The number of aliphatic hydroxyl groups excluding tert-OH is 1. The molecule has 2 heterocycles. The lowest BCUT2D eigenvalue weighted by molar-refractivity contribution is 0.0916. The Hall–Kier alpha value is -2.77. The van der Waals surface area contributed by atoms with Gasteiger partial charge >= 0.3 is 0 Å². The van der Waals surface area contributed by atoms with Crippen LogP contribution in [-0.4, -0.2) is 43.4 Å². The summed E-state index contributed by atoms with van der Waals surface area (Å²) >= 11 is 6.20. The molecule has 0 radical (unpaired) electrons. The van der Waals surface area contributed by atoms with Gasteiger partial charge in [0.05, 0.1) is 23.2 Å². The number of hydrogen-bond donors (Lipinski definition) is 2. The van der Waals surface area contributed by atoms with Crippen LogP contribution in [0.2, 0.25) is 5.02 Å². The first-order chi connectivity index (χ1) is 12.2. The van der Waals surface area contributed by atoms with Crippen LogP contribution in [0.1, 0.15) is 15.9 Å². The van der Waals surface area contributed by atoms with Gasteiger partial charge in [-0.3, -0.25) is 9.36 Å². The minimum Gasteiger partial charge on any atom is -0.394 e. The minimum atomic E-state index is -0.397. The molecular formula is C17H16ClN5O2. The lowest BCUT2D eigenvalue weighted by atomic mass is 10.1. The van der Waals surface area contributed by atoms with E-state index in [9.17, 15) is 9.90 Å². The number of amides is 1. The Morgan fingerprint density at radius 3 is 2.60 bits per heavy atom. The molecule has 0 fully saturated rings. The van der Waals surface area contributed by atoms with Crippen molar-refractivity contribution < 1.29 is 9.90 Å². The first-order valence-electron chi connectivity index (χ1n) is 7.63. The molecule has 1 amide bonds. The Bertz CT molecular complexity index is 840. The van der Waals surface area contributed by atoms with Gasteiger partial charge < -0.3 is 10.4 Å². The van der Waals surface area contributed by atoms with Crippen LogP contribution in [-0.2, 0) is 6.42 Å². The Kier molecular flexibility index (Phi) is 5.37. The number of rotatable bonds is 6. The number of nitrogens with zero attached hydrogens (tertiary/aromatic N) is 4. The molecule has 128 valence electrons. The Morgan fingerprint density at radius 1 is 1.24 bits per heavy atom. The molecule has 1 aromatic carbocycles. The molecule has 0 aliphatic carbocycles. The van der Waals surface area contributed by atoms with Crippen LogP contribution in [0.15, 0.2) is 55.2 Å². The van der Waals surface area contributed by atoms with Gasteiger partial charge in [-0.15, -0.1) is 10.2 Å². The Balaban J connectivity index is 1.71. The maximum atomic E-state index is 12.4. The van der Waals surface area contributed by atoms with Gasteiger partial charge in [0, 0.05) is 6.20 Å². The average Bonchev–Trinajstić information content (AvgIpc) is 3.16. The molecule has 7 nitrogen and oxygen atoms in total. The fraction of sp³-hybridized carbons (Fsp3) is 0.176. The zero-order chi connectivity index (χ0) is 17.6. The van der Waals surface area contributed by atoms with Gasteiger partial charge in [-0.05, 0) is 18.1 Å². The van der Waals surface area contributed by atoms with Crippen LogP contribution in [0.3, 0.4) is 0 Å². The van der Waals surface area contributed by atoms with Crippen LogP contribution in [0, 0.1) is 0 Å². The number of benzene rings is 1. The molecular weight excluding hydrogens is 342 g/mol. The fourth-order valence-corrected chi connectivity index (χ4v) is 2.65. The molecule has 0 saturated carbocycles. The second-order valence-electron chi connectivity index (χ2n) is 5.44. The summed E-state index contributed by atoms with van der Waals surface area (Å²) in [6.07, 6.45) is 4.89. The summed E-state index contributed by atoms with van der Waals surface area (Å²) in [6, 6.07) is 10.8. The molecule has 2 N–H and O–H groups in total. The molecule has 3 aromatic rings. The molecule has 0 saturated heterocycles. The highest BCUT2D eigenvalue weighted by molar-refractivity contribution is 6.32. The number of carbonyl (C=O) groups excluding carboxylic acids is 1. The summed E-state index contributed by atoms with van der Waals surface area (Å²) in [7, 11) is 0. The highest BCUT2D eigenvalue weighted by Gasteiger charge is 2.16. The van der Waals surface area contributed by atoms with Crippen LogP contribution < -0.4 is 5.32 Å². The van der Waals surface area contributed by atoms with Crippen molar-refractivity contribution in [1.29, 1.82) is 0 Å². The van der Waals surface area contributed by atoms with Crippen molar-refractivity contribution in [2.75, 3.05) is 6.61 Å². The van der Waals surface area contributed by atoms with Gasteiger partial charge in [-0.25, -0.2) is 4.98 Å². The third-order valence-corrected chi connectivity index (χ3v) is 3.91. The number of halogens is 1. The van der Waals surface area contributed by atoms with Gasteiger partial charge in [0.15, 0.2) is 5.82 Å². The molecule has 0 bridgehead atoms. The van der Waals surface area contributed by atoms with Crippen molar-refractivity contribution in [2.45, 2.75) is 12.5 Å². The highest BCUT2D eigenvalue weighted by Crippen LogP contribution is 2.18. The van der Waals surface area contributed by atoms with Crippen LogP contribution >= 0.6 is 11.6 Å². The second kappa shape index (κ2) is 7.87. The lowest BCUT2D eigenvalue weighted by Gasteiger charge is -2.16. The van der Waals surface area contributed by atoms with E-state index in [0.717, 1.165) is 5.56 Å². The van der Waals surface area contributed by atoms with E-state index in [-0.39, 0.29) is 12.5 Å². The number of aliphatic hydroxyl groups is 1. The molecule has 8 heteroatoms. The molecule has 0 aliphatic heterocycles. The predicted molar refractivity (Wildman–Crippen MR) is 92.7 cm³/mol. The van der Waals surface area contributed by atoms with Crippen molar-refractivity contribution in [1.82, 2.24) is 25.1 Å². The first-order valence-corrected chi connectivity index (χ1v) is 8.01. The Morgan fingerprint density at radius 2 is 1.96 bits per heavy atom. The van der Waals surface area contributed by atoms with Gasteiger partial charge in [0.1, 0.15) is 12.7 Å². The number of aromatic nitrogens is 4. The van der Waals surface area contributed by atoms with Crippen LogP contribution in [0.4, 0.5) is 0 Å². The first kappa shape index (κ1) is 17.1. The summed E-state index contributed by atoms with van der Waals surface area (Å²) < 4.78 is 1.55. The van der Waals surface area contributed by atoms with E-state index in [1.54, 1.807) is 4.57 Å². The van der Waals surface area contributed by atoms with Crippen molar-refractivity contribution in [3.63, 3.8) is 0 Å². The summed E-state index contributed by atoms with van der Waals surface area (Å²) in [5, 5.41) is 20.0. The van der Waals surface area contributed by atoms with Crippen molar-refractivity contribution >= 4 is 17.5 Å². The summed E-state index contributed by atoms with van der Waals surface area (Å²) in [4.78, 5) is 16.6. The summed E-state index contributed by atoms with van der Waals surface area (Å²) in [5.74, 6) is 0.0888. The Labute approximate surface area is 149 Å². The molecule has 0 spiro atoms. The molecule has 2 aromatic heterocycles. The third-order valence-electron chi connectivity index (χ3n) is 3.63. The standard InChI is InChI=1S/C17H16ClN5O2/c18-15-7-13(8-19-16(15)23-10-20-21-11-23)17(25)22-14(9-24)6-12-4-2-1-3-5-12/h1-5,7-8,10-11,14,24H,6,9H2,(H,22,25). The monoisotopic (exact) mass is 357 g/mol. The minimum absolute atomic E-state index is 0.166. The van der Waals surface area contributed by atoms with E-state index in [2.05, 4.69) is 20.5 Å². The van der Waals surface area contributed by atoms with Gasteiger partial charge in [0.2, 0.25) is 0 Å². The molecule has 3 rings (SSSR count). The SMILES string of the molecule is O=C(NC(CO)Cc1ccccc1)c1cnc(-n2cnnc2)c(Cl)c1. The third kappa shape index (κ3) is 4.20. The predicted octanol–water partition coefficient (Wildman–Crippen LogP) is 1.65. The number of carbonyl (C=O) groups is 1. The highest BCUT2D eigenvalue weighted by atomic mass is 35.5. The van der Waals surface area contributed by atoms with Crippen molar-refractivity contribution in [2.24, 2.45) is 0 Å². The quantitative estimate of drug-likeness (QED) is 0.699. The van der Waals surface area contributed by atoms with E-state index in [1.165, 1.54) is 24.9 Å². The second-order valence-corrected chi connectivity index (χ2v) is 5.85. The van der Waals surface area contributed by atoms with Gasteiger partial charge in [0.25, 0.3) is 5.91 Å². The normalized spacial score (nSPS) is 11.9. The van der Waals surface area contributed by atoms with Crippen LogP contribution in [0.5, 0.6) is 0 Å². The molecule has 0 aliphatic rings. The lowest BCUT2D eigenvalue weighted by Crippen LogP contribution is -2.39. The van der Waals surface area contributed by atoms with E-state index >= 15 is 0 Å². The summed E-state index contributed by atoms with van der Waals surface area (Å²) in [6.45, 7) is -0.166. The fourth-order valence-electron chi connectivity index (χ4n) is 2.38. The average molecular weight is 358 g/mol. The number of hydrogen-bond acceptors (Lipinski definition) is 5. The van der Waals surface area contributed by atoms with Gasteiger partial charge in [-0.2, -0.15) is 0 Å². The molecule has 1 unspecified atom stereocenters. The topological polar surface area (TPSA) is 92.9 Å². The molecule has 1 atom stereocenters. The number of nitrogens with one attached hydrogen (secondary N) is 1.